The number of nitrogens with one attached hydrogen (secondary N) is 1. The molecular formula is C25H26N2O3. The Morgan fingerprint density at radius 1 is 1.03 bits per heavy atom. The quantitative estimate of drug-likeness (QED) is 0.701. The van der Waals surface area contributed by atoms with Gasteiger partial charge in [0.2, 0.25) is 5.91 Å². The molecule has 154 valence electrons. The number of hydrogen-bond acceptors (Lipinski definition) is 3. The molecule has 0 aliphatic carbocycles. The molecule has 0 saturated carbocycles. The summed E-state index contributed by atoms with van der Waals surface area (Å²) in [6.45, 7) is 1.61. The van der Waals surface area contributed by atoms with Crippen LogP contribution in [-0.2, 0) is 11.3 Å². The van der Waals surface area contributed by atoms with E-state index in [1.165, 1.54) is 0 Å². The predicted octanol–water partition coefficient (Wildman–Crippen LogP) is 4.02. The van der Waals surface area contributed by atoms with Gasteiger partial charge in [0, 0.05) is 25.2 Å². The molecule has 1 aliphatic heterocycles. The summed E-state index contributed by atoms with van der Waals surface area (Å²) in [6.07, 6.45) is 1.63. The summed E-state index contributed by atoms with van der Waals surface area (Å²) >= 11 is 0. The highest BCUT2D eigenvalue weighted by atomic mass is 16.5. The number of methoxy groups -OCH3 is 1. The van der Waals surface area contributed by atoms with E-state index in [0.29, 0.717) is 25.2 Å². The third-order valence-corrected chi connectivity index (χ3v) is 5.73. The molecule has 2 amide bonds. The molecule has 1 unspecified atom stereocenters. The Morgan fingerprint density at radius 3 is 2.60 bits per heavy atom. The minimum absolute atomic E-state index is 0.000505. The lowest BCUT2D eigenvalue weighted by Gasteiger charge is -2.32. The van der Waals surface area contributed by atoms with Gasteiger partial charge in [0.1, 0.15) is 5.75 Å². The first-order valence-electron chi connectivity index (χ1n) is 10.3. The second-order valence-electron chi connectivity index (χ2n) is 7.68. The van der Waals surface area contributed by atoms with Gasteiger partial charge in [-0.1, -0.05) is 48.5 Å². The molecule has 1 heterocycles. The molecule has 1 aliphatic rings. The zero-order valence-electron chi connectivity index (χ0n) is 17.1. The number of amides is 2. The Hall–Kier alpha value is -3.34. The van der Waals surface area contributed by atoms with Gasteiger partial charge in [-0.05, 0) is 47.4 Å². The first-order valence-corrected chi connectivity index (χ1v) is 10.3. The summed E-state index contributed by atoms with van der Waals surface area (Å²) in [7, 11) is 1.63. The van der Waals surface area contributed by atoms with Gasteiger partial charge >= 0.3 is 0 Å². The first-order chi connectivity index (χ1) is 14.7. The lowest BCUT2D eigenvalue weighted by atomic mass is 9.95. The molecule has 1 atom stereocenters. The predicted molar refractivity (Wildman–Crippen MR) is 117 cm³/mol. The van der Waals surface area contributed by atoms with Crippen LogP contribution in [0.4, 0.5) is 0 Å². The molecule has 1 fully saturated rings. The Morgan fingerprint density at radius 2 is 1.80 bits per heavy atom. The number of rotatable bonds is 5. The number of likely N-dealkylation sites (tertiary alicyclic amines) is 1. The summed E-state index contributed by atoms with van der Waals surface area (Å²) < 4.78 is 5.16. The molecule has 4 rings (SSSR count). The second-order valence-corrected chi connectivity index (χ2v) is 7.68. The summed E-state index contributed by atoms with van der Waals surface area (Å²) in [5.74, 6) is 0.608. The molecule has 0 bridgehead atoms. The standard InChI is InChI=1S/C25H26N2O3/c1-30-21-13-11-18(12-14-21)16-26-24(28)20-8-5-15-27(17-20)25(29)23-10-4-7-19-6-2-3-9-22(19)23/h2-4,6-7,9-14,20H,5,8,15-17H2,1H3,(H,26,28). The highest BCUT2D eigenvalue weighted by Crippen LogP contribution is 2.24. The van der Waals surface area contributed by atoms with Crippen LogP contribution in [0.25, 0.3) is 10.8 Å². The number of piperidine rings is 1. The van der Waals surface area contributed by atoms with Gasteiger partial charge in [-0.3, -0.25) is 9.59 Å². The van der Waals surface area contributed by atoms with Crippen molar-refractivity contribution in [3.05, 3.63) is 77.9 Å². The van der Waals surface area contributed by atoms with Crippen molar-refractivity contribution in [2.24, 2.45) is 5.92 Å². The number of fused-ring (bicyclic) bond motifs is 1. The lowest BCUT2D eigenvalue weighted by Crippen LogP contribution is -2.45. The van der Waals surface area contributed by atoms with Crippen LogP contribution in [0, 0.1) is 5.92 Å². The third kappa shape index (κ3) is 4.30. The van der Waals surface area contributed by atoms with E-state index in [1.807, 2.05) is 71.6 Å². The molecule has 5 heteroatoms. The fourth-order valence-corrected chi connectivity index (χ4v) is 4.03. The molecule has 1 N–H and O–H groups in total. The average molecular weight is 402 g/mol. The minimum Gasteiger partial charge on any atom is -0.497 e. The van der Waals surface area contributed by atoms with Crippen LogP contribution in [0.3, 0.4) is 0 Å². The van der Waals surface area contributed by atoms with Crippen LogP contribution in [0.2, 0.25) is 0 Å². The summed E-state index contributed by atoms with van der Waals surface area (Å²) in [6, 6.07) is 21.4. The van der Waals surface area contributed by atoms with Crippen LogP contribution in [0.5, 0.6) is 5.75 Å². The lowest BCUT2D eigenvalue weighted by molar-refractivity contribution is -0.126. The van der Waals surface area contributed by atoms with Crippen LogP contribution in [0.1, 0.15) is 28.8 Å². The monoisotopic (exact) mass is 402 g/mol. The SMILES string of the molecule is COc1ccc(CNC(=O)C2CCCN(C(=O)c3cccc4ccccc34)C2)cc1. The molecule has 0 spiro atoms. The van der Waals surface area contributed by atoms with Crippen LogP contribution >= 0.6 is 0 Å². The molecule has 1 saturated heterocycles. The van der Waals surface area contributed by atoms with Crippen molar-refractivity contribution < 1.29 is 14.3 Å². The Balaban J connectivity index is 1.40. The van der Waals surface area contributed by atoms with Crippen molar-refractivity contribution in [1.29, 1.82) is 0 Å². The fraction of sp³-hybridized carbons (Fsp3) is 0.280. The van der Waals surface area contributed by atoms with E-state index in [2.05, 4.69) is 5.32 Å². The van der Waals surface area contributed by atoms with E-state index >= 15 is 0 Å². The largest absolute Gasteiger partial charge is 0.497 e. The van der Waals surface area contributed by atoms with Gasteiger partial charge < -0.3 is 15.0 Å². The Kier molecular flexibility index (Phi) is 5.98. The van der Waals surface area contributed by atoms with Crippen LogP contribution in [-0.4, -0.2) is 36.9 Å². The van der Waals surface area contributed by atoms with E-state index < -0.39 is 0 Å². The van der Waals surface area contributed by atoms with Gasteiger partial charge in [-0.15, -0.1) is 0 Å². The summed E-state index contributed by atoms with van der Waals surface area (Å²) in [5.41, 5.74) is 1.72. The topological polar surface area (TPSA) is 58.6 Å². The zero-order valence-corrected chi connectivity index (χ0v) is 17.1. The van der Waals surface area contributed by atoms with Crippen molar-refractivity contribution in [2.45, 2.75) is 19.4 Å². The maximum Gasteiger partial charge on any atom is 0.254 e. The average Bonchev–Trinajstić information content (AvgIpc) is 2.82. The molecule has 0 aromatic heterocycles. The zero-order chi connectivity index (χ0) is 20.9. The van der Waals surface area contributed by atoms with E-state index in [1.54, 1.807) is 7.11 Å². The third-order valence-electron chi connectivity index (χ3n) is 5.73. The van der Waals surface area contributed by atoms with Crippen molar-refractivity contribution >= 4 is 22.6 Å². The van der Waals surface area contributed by atoms with Crippen molar-refractivity contribution in [3.8, 4) is 5.75 Å². The maximum atomic E-state index is 13.2. The van der Waals surface area contributed by atoms with Crippen molar-refractivity contribution in [2.75, 3.05) is 20.2 Å². The van der Waals surface area contributed by atoms with E-state index in [-0.39, 0.29) is 17.7 Å². The number of nitrogens with zero attached hydrogens (tertiary/aromatic N) is 1. The number of benzene rings is 3. The Labute approximate surface area is 176 Å². The normalized spacial score (nSPS) is 16.3. The second kappa shape index (κ2) is 8.99. The molecule has 3 aromatic carbocycles. The first kappa shape index (κ1) is 20.0. The summed E-state index contributed by atoms with van der Waals surface area (Å²) in [5, 5.41) is 5.02. The maximum absolute atomic E-state index is 13.2. The van der Waals surface area contributed by atoms with E-state index in [0.717, 1.165) is 34.9 Å². The molecule has 30 heavy (non-hydrogen) atoms. The van der Waals surface area contributed by atoms with Gasteiger partial charge in [0.25, 0.3) is 5.91 Å². The molecule has 0 radical (unpaired) electrons. The smallest absolute Gasteiger partial charge is 0.254 e. The van der Waals surface area contributed by atoms with Crippen LogP contribution < -0.4 is 10.1 Å². The fourth-order valence-electron chi connectivity index (χ4n) is 4.03. The van der Waals surface area contributed by atoms with Crippen molar-refractivity contribution in [1.82, 2.24) is 10.2 Å². The number of hydrogen-bond donors (Lipinski definition) is 1. The number of carbonyl (C=O) groups excluding carboxylic acids is 2. The van der Waals surface area contributed by atoms with Gasteiger partial charge in [-0.2, -0.15) is 0 Å². The molecule has 3 aromatic rings. The Bertz CT molecular complexity index is 1040. The minimum atomic E-state index is -0.184. The number of ether oxygens (including phenoxy) is 1. The van der Waals surface area contributed by atoms with Gasteiger partial charge in [-0.25, -0.2) is 0 Å². The van der Waals surface area contributed by atoms with Crippen LogP contribution in [0.15, 0.2) is 66.7 Å². The highest BCUT2D eigenvalue weighted by Gasteiger charge is 2.29. The number of carbonyl (C=O) groups is 2. The molecule has 5 nitrogen and oxygen atoms in total. The van der Waals surface area contributed by atoms with E-state index in [4.69, 9.17) is 4.74 Å². The van der Waals surface area contributed by atoms with E-state index in [9.17, 15) is 9.59 Å². The highest BCUT2D eigenvalue weighted by molar-refractivity contribution is 6.07. The van der Waals surface area contributed by atoms with Gasteiger partial charge in [0.05, 0.1) is 13.0 Å². The van der Waals surface area contributed by atoms with Crippen molar-refractivity contribution in [3.63, 3.8) is 0 Å². The van der Waals surface area contributed by atoms with Gasteiger partial charge in [0.15, 0.2) is 0 Å². The summed E-state index contributed by atoms with van der Waals surface area (Å²) in [4.78, 5) is 27.8. The molecular weight excluding hydrogens is 376 g/mol.